The fourth-order valence-electron chi connectivity index (χ4n) is 1.69. The number of carboxylic acid groups (broad SMARTS) is 1. The van der Waals surface area contributed by atoms with E-state index in [0.717, 1.165) is 9.80 Å². The highest BCUT2D eigenvalue weighted by molar-refractivity contribution is 8.00. The van der Waals surface area contributed by atoms with Crippen LogP contribution in [-0.2, 0) is 9.59 Å². The van der Waals surface area contributed by atoms with E-state index in [9.17, 15) is 14.4 Å². The monoisotopic (exact) mass is 282 g/mol. The maximum Gasteiger partial charge on any atom is 0.335 e. The van der Waals surface area contributed by atoms with E-state index in [1.807, 2.05) is 0 Å². The lowest BCUT2D eigenvalue weighted by atomic mass is 10.2. The Morgan fingerprint density at radius 3 is 2.79 bits per heavy atom. The first kappa shape index (κ1) is 13.4. The topological polar surface area (TPSA) is 107 Å². The Hall–Kier alpha value is -2.06. The van der Waals surface area contributed by atoms with Gasteiger partial charge in [-0.3, -0.25) is 14.8 Å². The quantitative estimate of drug-likeness (QED) is 0.545. The smallest absolute Gasteiger partial charge is 0.335 e. The number of aromatic carboxylic acids is 1. The van der Waals surface area contributed by atoms with Gasteiger partial charge in [0, 0.05) is 4.90 Å². The van der Waals surface area contributed by atoms with Gasteiger partial charge in [0.25, 0.3) is 5.91 Å². The molecular weight excluding hydrogens is 272 g/mol. The van der Waals surface area contributed by atoms with Crippen LogP contribution in [0.3, 0.4) is 0 Å². The molecule has 8 heteroatoms. The number of carboxylic acids is 1. The number of hydrogen-bond acceptors (Lipinski definition) is 5. The molecule has 1 aromatic rings. The number of carbonyl (C=O) groups is 3. The maximum absolute atomic E-state index is 11.8. The number of thioether (sulfide) groups is 1. The second-order valence-electron chi connectivity index (χ2n) is 3.79. The number of amides is 2. The molecule has 2 amide bonds. The predicted molar refractivity (Wildman–Crippen MR) is 66.4 cm³/mol. The summed E-state index contributed by atoms with van der Waals surface area (Å²) in [6.07, 6.45) is 0. The van der Waals surface area contributed by atoms with Crippen molar-refractivity contribution >= 4 is 35.2 Å². The summed E-state index contributed by atoms with van der Waals surface area (Å²) in [6, 6.07) is 4.38. The largest absolute Gasteiger partial charge is 0.478 e. The molecule has 0 aromatic heterocycles. The number of anilines is 1. The summed E-state index contributed by atoms with van der Waals surface area (Å²) in [5.74, 6) is -2.01. The van der Waals surface area contributed by atoms with Crippen LogP contribution in [0.1, 0.15) is 10.4 Å². The van der Waals surface area contributed by atoms with Gasteiger partial charge in [0.1, 0.15) is 6.54 Å². The van der Waals surface area contributed by atoms with Gasteiger partial charge in [-0.1, -0.05) is 0 Å². The Morgan fingerprint density at radius 1 is 1.42 bits per heavy atom. The van der Waals surface area contributed by atoms with Crippen molar-refractivity contribution in [3.8, 4) is 0 Å². The zero-order valence-corrected chi connectivity index (χ0v) is 10.4. The molecule has 0 radical (unpaired) electrons. The van der Waals surface area contributed by atoms with Crippen LogP contribution in [0.15, 0.2) is 23.1 Å². The van der Waals surface area contributed by atoms with E-state index in [4.69, 9.17) is 10.3 Å². The van der Waals surface area contributed by atoms with Crippen LogP contribution in [-0.4, -0.2) is 40.4 Å². The van der Waals surface area contributed by atoms with Crippen LogP contribution in [0.5, 0.6) is 0 Å². The van der Waals surface area contributed by atoms with Crippen LogP contribution in [0, 0.1) is 0 Å². The summed E-state index contributed by atoms with van der Waals surface area (Å²) in [7, 11) is 0. The molecule has 100 valence electrons. The van der Waals surface area contributed by atoms with E-state index in [1.54, 1.807) is 6.07 Å². The molecule has 3 N–H and O–H groups in total. The molecule has 1 aliphatic rings. The Bertz CT molecular complexity index is 560. The minimum absolute atomic E-state index is 0.0310. The van der Waals surface area contributed by atoms with Crippen molar-refractivity contribution in [1.29, 1.82) is 0 Å². The van der Waals surface area contributed by atoms with E-state index in [1.165, 1.54) is 29.4 Å². The number of nitrogens with one attached hydrogen (secondary N) is 1. The molecule has 0 saturated heterocycles. The molecule has 0 unspecified atom stereocenters. The molecular formula is C11H10N2O5S. The molecule has 2 rings (SSSR count). The van der Waals surface area contributed by atoms with Gasteiger partial charge in [-0.2, -0.15) is 0 Å². The molecule has 0 bridgehead atoms. The third-order valence-electron chi connectivity index (χ3n) is 2.58. The number of nitrogens with zero attached hydrogens (tertiary/aromatic N) is 1. The Balaban J connectivity index is 2.41. The number of hydroxylamine groups is 1. The second kappa shape index (κ2) is 5.29. The van der Waals surface area contributed by atoms with Gasteiger partial charge in [-0.05, 0) is 18.2 Å². The van der Waals surface area contributed by atoms with E-state index in [0.29, 0.717) is 5.69 Å². The molecule has 0 atom stereocenters. The van der Waals surface area contributed by atoms with Crippen molar-refractivity contribution in [2.75, 3.05) is 17.2 Å². The number of carbonyl (C=O) groups excluding carboxylic acids is 2. The van der Waals surface area contributed by atoms with Gasteiger partial charge in [-0.25, -0.2) is 10.3 Å². The molecule has 0 saturated carbocycles. The average Bonchev–Trinajstić information content (AvgIpc) is 2.41. The lowest BCUT2D eigenvalue weighted by molar-refractivity contribution is -0.129. The van der Waals surface area contributed by atoms with Crippen molar-refractivity contribution in [3.05, 3.63) is 23.8 Å². The first-order valence-corrected chi connectivity index (χ1v) is 6.25. The normalized spacial score (nSPS) is 13.9. The summed E-state index contributed by atoms with van der Waals surface area (Å²) in [4.78, 5) is 35.8. The molecule has 1 aliphatic heterocycles. The van der Waals surface area contributed by atoms with Crippen molar-refractivity contribution in [2.24, 2.45) is 0 Å². The minimum Gasteiger partial charge on any atom is -0.478 e. The first-order chi connectivity index (χ1) is 9.02. The van der Waals surface area contributed by atoms with Crippen molar-refractivity contribution in [2.45, 2.75) is 4.90 Å². The van der Waals surface area contributed by atoms with Crippen molar-refractivity contribution in [1.82, 2.24) is 5.48 Å². The van der Waals surface area contributed by atoms with Gasteiger partial charge < -0.3 is 10.0 Å². The highest BCUT2D eigenvalue weighted by Crippen LogP contribution is 2.35. The molecule has 0 fully saturated rings. The molecule has 1 aromatic carbocycles. The Labute approximate surface area is 112 Å². The number of rotatable bonds is 3. The summed E-state index contributed by atoms with van der Waals surface area (Å²) < 4.78 is 0. The minimum atomic E-state index is -1.11. The van der Waals surface area contributed by atoms with Gasteiger partial charge >= 0.3 is 5.97 Å². The lowest BCUT2D eigenvalue weighted by Crippen LogP contribution is -2.42. The molecule has 0 spiro atoms. The van der Waals surface area contributed by atoms with Gasteiger partial charge in [0.2, 0.25) is 5.91 Å². The summed E-state index contributed by atoms with van der Waals surface area (Å²) >= 11 is 1.28. The van der Waals surface area contributed by atoms with E-state index < -0.39 is 11.9 Å². The molecule has 7 nitrogen and oxygen atoms in total. The van der Waals surface area contributed by atoms with Crippen molar-refractivity contribution in [3.63, 3.8) is 0 Å². The fraction of sp³-hybridized carbons (Fsp3) is 0.182. The summed E-state index contributed by atoms with van der Waals surface area (Å²) in [6.45, 7) is -0.355. The fourth-order valence-corrected chi connectivity index (χ4v) is 2.60. The second-order valence-corrected chi connectivity index (χ2v) is 4.81. The van der Waals surface area contributed by atoms with Gasteiger partial charge in [0.15, 0.2) is 0 Å². The summed E-state index contributed by atoms with van der Waals surface area (Å²) in [5.41, 5.74) is 1.84. The van der Waals surface area contributed by atoms with Crippen LogP contribution in [0.25, 0.3) is 0 Å². The number of hydrogen-bond donors (Lipinski definition) is 3. The van der Waals surface area contributed by atoms with E-state index in [2.05, 4.69) is 0 Å². The molecule has 1 heterocycles. The maximum atomic E-state index is 11.8. The first-order valence-electron chi connectivity index (χ1n) is 5.26. The molecule has 0 aliphatic carbocycles. The SMILES string of the molecule is O=C(CN1C(=O)CSc2ccc(C(=O)O)cc21)NO. The van der Waals surface area contributed by atoms with E-state index in [-0.39, 0.29) is 23.8 Å². The van der Waals surface area contributed by atoms with Gasteiger partial charge in [0.05, 0.1) is 17.0 Å². The van der Waals surface area contributed by atoms with Crippen LogP contribution in [0.2, 0.25) is 0 Å². The highest BCUT2D eigenvalue weighted by Gasteiger charge is 2.27. The van der Waals surface area contributed by atoms with Crippen LogP contribution in [0.4, 0.5) is 5.69 Å². The number of benzene rings is 1. The van der Waals surface area contributed by atoms with E-state index >= 15 is 0 Å². The summed E-state index contributed by atoms with van der Waals surface area (Å²) in [5, 5.41) is 17.4. The van der Waals surface area contributed by atoms with Crippen LogP contribution >= 0.6 is 11.8 Å². The predicted octanol–water partition coefficient (Wildman–Crippen LogP) is 0.329. The third kappa shape index (κ3) is 2.69. The Kier molecular flexibility index (Phi) is 3.72. The molecule has 19 heavy (non-hydrogen) atoms. The van der Waals surface area contributed by atoms with Gasteiger partial charge in [-0.15, -0.1) is 11.8 Å². The standard InChI is InChI=1S/C11H10N2O5S/c14-9(12-18)4-13-7-3-6(11(16)17)1-2-8(7)19-5-10(13)15/h1-3,18H,4-5H2,(H,12,14)(H,16,17). The lowest BCUT2D eigenvalue weighted by Gasteiger charge is -2.28. The zero-order chi connectivity index (χ0) is 14.0. The van der Waals surface area contributed by atoms with Crippen LogP contribution < -0.4 is 10.4 Å². The average molecular weight is 282 g/mol. The van der Waals surface area contributed by atoms with Crippen molar-refractivity contribution < 1.29 is 24.7 Å². The Morgan fingerprint density at radius 2 is 2.16 bits per heavy atom. The number of fused-ring (bicyclic) bond motifs is 1. The highest BCUT2D eigenvalue weighted by atomic mass is 32.2. The zero-order valence-electron chi connectivity index (χ0n) is 9.62. The third-order valence-corrected chi connectivity index (χ3v) is 3.62.